The second kappa shape index (κ2) is 9.52. The molecule has 0 bridgehead atoms. The maximum atomic E-state index is 12.2. The molecule has 0 aliphatic carbocycles. The molecule has 0 saturated carbocycles. The number of amides is 2. The standard InChI is InChI=1S/C15H25N3O2S/c1-4-16-14(19)11-18(5-2)12(3)15(20)17-9-8-13-7-6-10-21-13/h6-7,10,12H,4-5,8-9,11H2,1-3H3,(H,16,19)(H,17,20)/p+1/t12-/m0/s1. The lowest BCUT2D eigenvalue weighted by Crippen LogP contribution is -3.17. The third-order valence-electron chi connectivity index (χ3n) is 3.47. The van der Waals surface area contributed by atoms with Crippen LogP contribution >= 0.6 is 11.3 Å². The van der Waals surface area contributed by atoms with Crippen LogP contribution in [0.4, 0.5) is 0 Å². The first-order valence-corrected chi connectivity index (χ1v) is 8.37. The SMILES string of the molecule is CCNC(=O)C[NH+](CC)[C@@H](C)C(=O)NCCc1cccs1. The summed E-state index contributed by atoms with van der Waals surface area (Å²) in [7, 11) is 0. The van der Waals surface area contributed by atoms with Gasteiger partial charge in [0.05, 0.1) is 6.54 Å². The van der Waals surface area contributed by atoms with Crippen LogP contribution in [0, 0.1) is 0 Å². The number of nitrogens with one attached hydrogen (secondary N) is 3. The third kappa shape index (κ3) is 6.27. The minimum absolute atomic E-state index is 0.00687. The van der Waals surface area contributed by atoms with Gasteiger partial charge in [0.2, 0.25) is 0 Å². The second-order valence-corrected chi connectivity index (χ2v) is 6.02. The fraction of sp³-hybridized carbons (Fsp3) is 0.600. The lowest BCUT2D eigenvalue weighted by atomic mass is 10.2. The van der Waals surface area contributed by atoms with Gasteiger partial charge in [0.15, 0.2) is 12.6 Å². The predicted octanol–water partition coefficient (Wildman–Crippen LogP) is -0.164. The van der Waals surface area contributed by atoms with Gasteiger partial charge in [-0.25, -0.2) is 0 Å². The second-order valence-electron chi connectivity index (χ2n) is 4.98. The van der Waals surface area contributed by atoms with Crippen LogP contribution in [-0.2, 0) is 16.0 Å². The molecule has 1 unspecified atom stereocenters. The molecule has 3 N–H and O–H groups in total. The fourth-order valence-electron chi connectivity index (χ4n) is 2.15. The van der Waals surface area contributed by atoms with Crippen LogP contribution in [0.2, 0.25) is 0 Å². The van der Waals surface area contributed by atoms with E-state index >= 15 is 0 Å². The molecule has 0 fully saturated rings. The van der Waals surface area contributed by atoms with E-state index in [9.17, 15) is 9.59 Å². The van der Waals surface area contributed by atoms with Crippen LogP contribution in [0.15, 0.2) is 17.5 Å². The van der Waals surface area contributed by atoms with Crippen LogP contribution in [0.1, 0.15) is 25.6 Å². The highest BCUT2D eigenvalue weighted by molar-refractivity contribution is 7.09. The number of carbonyl (C=O) groups is 2. The Kier molecular flexibility index (Phi) is 8.00. The van der Waals surface area contributed by atoms with E-state index in [1.54, 1.807) is 11.3 Å². The Hall–Kier alpha value is -1.40. The average molecular weight is 312 g/mol. The quantitative estimate of drug-likeness (QED) is 0.593. The van der Waals surface area contributed by atoms with Gasteiger partial charge < -0.3 is 15.5 Å². The summed E-state index contributed by atoms with van der Waals surface area (Å²) in [4.78, 5) is 26.0. The van der Waals surface area contributed by atoms with Gasteiger partial charge in [-0.2, -0.15) is 0 Å². The molecule has 5 nitrogen and oxygen atoms in total. The fourth-order valence-corrected chi connectivity index (χ4v) is 2.86. The Labute approximate surface area is 130 Å². The summed E-state index contributed by atoms with van der Waals surface area (Å²) in [6.07, 6.45) is 0.855. The van der Waals surface area contributed by atoms with E-state index in [1.807, 2.05) is 32.2 Å². The average Bonchev–Trinajstić information content (AvgIpc) is 2.97. The molecule has 1 heterocycles. The normalized spacial score (nSPS) is 13.5. The van der Waals surface area contributed by atoms with Gasteiger partial charge in [-0.05, 0) is 38.6 Å². The Bertz CT molecular complexity index is 434. The minimum atomic E-state index is -0.221. The Morgan fingerprint density at radius 2 is 2.10 bits per heavy atom. The van der Waals surface area contributed by atoms with E-state index in [0.717, 1.165) is 17.9 Å². The summed E-state index contributed by atoms with van der Waals surface area (Å²) >= 11 is 1.70. The summed E-state index contributed by atoms with van der Waals surface area (Å²) in [5, 5.41) is 7.77. The smallest absolute Gasteiger partial charge is 0.278 e. The van der Waals surface area contributed by atoms with Gasteiger partial charge in [-0.1, -0.05) is 6.07 Å². The first-order valence-electron chi connectivity index (χ1n) is 7.49. The molecule has 0 aliphatic heterocycles. The number of hydrogen-bond donors (Lipinski definition) is 3. The summed E-state index contributed by atoms with van der Waals surface area (Å²) in [6.45, 7) is 8.10. The Morgan fingerprint density at radius 1 is 1.33 bits per heavy atom. The molecule has 0 saturated heterocycles. The number of thiophene rings is 1. The number of carbonyl (C=O) groups excluding carboxylic acids is 2. The summed E-state index contributed by atoms with van der Waals surface area (Å²) in [5.74, 6) is 0.000269. The van der Waals surface area contributed by atoms with E-state index in [1.165, 1.54) is 4.88 Å². The van der Waals surface area contributed by atoms with Gasteiger partial charge in [-0.3, -0.25) is 9.59 Å². The lowest BCUT2D eigenvalue weighted by Gasteiger charge is -2.23. The van der Waals surface area contributed by atoms with Crippen LogP contribution < -0.4 is 15.5 Å². The van der Waals surface area contributed by atoms with Crippen molar-refractivity contribution < 1.29 is 14.5 Å². The van der Waals surface area contributed by atoms with Crippen LogP contribution in [0.5, 0.6) is 0 Å². The third-order valence-corrected chi connectivity index (χ3v) is 4.41. The van der Waals surface area contributed by atoms with Crippen LogP contribution in [0.3, 0.4) is 0 Å². The van der Waals surface area contributed by atoms with Gasteiger partial charge >= 0.3 is 0 Å². The molecule has 118 valence electrons. The summed E-state index contributed by atoms with van der Waals surface area (Å²) < 4.78 is 0. The predicted molar refractivity (Wildman–Crippen MR) is 85.5 cm³/mol. The van der Waals surface area contributed by atoms with E-state index in [-0.39, 0.29) is 17.9 Å². The molecule has 0 aromatic carbocycles. The van der Waals surface area contributed by atoms with E-state index in [2.05, 4.69) is 16.7 Å². The Morgan fingerprint density at radius 3 is 2.67 bits per heavy atom. The highest BCUT2D eigenvalue weighted by atomic mass is 32.1. The van der Waals surface area contributed by atoms with Crippen molar-refractivity contribution in [3.05, 3.63) is 22.4 Å². The zero-order valence-electron chi connectivity index (χ0n) is 13.1. The monoisotopic (exact) mass is 312 g/mol. The first kappa shape index (κ1) is 17.7. The molecule has 0 radical (unpaired) electrons. The molecular weight excluding hydrogens is 286 g/mol. The molecule has 6 heteroatoms. The van der Waals surface area contributed by atoms with Crippen molar-refractivity contribution in [1.29, 1.82) is 0 Å². The molecule has 1 rings (SSSR count). The molecule has 1 aromatic heterocycles. The zero-order chi connectivity index (χ0) is 15.7. The maximum Gasteiger partial charge on any atom is 0.278 e. The Balaban J connectivity index is 2.37. The lowest BCUT2D eigenvalue weighted by molar-refractivity contribution is -0.904. The molecular formula is C15H26N3O2S+. The van der Waals surface area contributed by atoms with Crippen LogP contribution in [0.25, 0.3) is 0 Å². The topological polar surface area (TPSA) is 62.6 Å². The molecule has 21 heavy (non-hydrogen) atoms. The summed E-state index contributed by atoms with van der Waals surface area (Å²) in [6, 6.07) is 3.86. The zero-order valence-corrected chi connectivity index (χ0v) is 13.9. The van der Waals surface area contributed by atoms with E-state index in [4.69, 9.17) is 0 Å². The van der Waals surface area contributed by atoms with Gasteiger partial charge in [-0.15, -0.1) is 11.3 Å². The van der Waals surface area contributed by atoms with Gasteiger partial charge in [0, 0.05) is 18.0 Å². The largest absolute Gasteiger partial charge is 0.351 e. The number of likely N-dealkylation sites (N-methyl/N-ethyl adjacent to an activating group) is 2. The molecule has 2 amide bonds. The number of hydrogen-bond acceptors (Lipinski definition) is 3. The van der Waals surface area contributed by atoms with E-state index < -0.39 is 0 Å². The molecule has 1 aromatic rings. The first-order chi connectivity index (χ1) is 10.1. The molecule has 0 spiro atoms. The highest BCUT2D eigenvalue weighted by Crippen LogP contribution is 2.07. The van der Waals surface area contributed by atoms with Crippen LogP contribution in [-0.4, -0.2) is 44.0 Å². The van der Waals surface area contributed by atoms with Crippen molar-refractivity contribution in [3.8, 4) is 0 Å². The minimum Gasteiger partial charge on any atom is -0.351 e. The maximum absolute atomic E-state index is 12.2. The highest BCUT2D eigenvalue weighted by Gasteiger charge is 2.25. The number of quaternary nitrogens is 1. The van der Waals surface area contributed by atoms with Gasteiger partial charge in [0.1, 0.15) is 0 Å². The molecule has 2 atom stereocenters. The molecule has 0 aliphatic rings. The summed E-state index contributed by atoms with van der Waals surface area (Å²) in [5.41, 5.74) is 0. The van der Waals surface area contributed by atoms with Crippen molar-refractivity contribution in [2.24, 2.45) is 0 Å². The van der Waals surface area contributed by atoms with Crippen molar-refractivity contribution in [1.82, 2.24) is 10.6 Å². The van der Waals surface area contributed by atoms with Crippen molar-refractivity contribution in [2.75, 3.05) is 26.2 Å². The van der Waals surface area contributed by atoms with Crippen molar-refractivity contribution >= 4 is 23.2 Å². The van der Waals surface area contributed by atoms with E-state index in [0.29, 0.717) is 19.6 Å². The van der Waals surface area contributed by atoms with Crippen molar-refractivity contribution in [3.63, 3.8) is 0 Å². The van der Waals surface area contributed by atoms with Crippen molar-refractivity contribution in [2.45, 2.75) is 33.2 Å². The number of rotatable bonds is 9. The van der Waals surface area contributed by atoms with Gasteiger partial charge in [0.25, 0.3) is 11.8 Å².